The van der Waals surface area contributed by atoms with Gasteiger partial charge >= 0.3 is 0 Å². The van der Waals surface area contributed by atoms with E-state index in [1.165, 1.54) is 5.56 Å². The van der Waals surface area contributed by atoms with Crippen molar-refractivity contribution >= 4 is 33.1 Å². The minimum absolute atomic E-state index is 0.306. The number of nitrogens with one attached hydrogen (secondary N) is 2. The van der Waals surface area contributed by atoms with E-state index in [4.69, 9.17) is 11.6 Å². The van der Waals surface area contributed by atoms with Crippen molar-refractivity contribution in [3.63, 3.8) is 0 Å². The summed E-state index contributed by atoms with van der Waals surface area (Å²) in [6.07, 6.45) is 3.54. The first kappa shape index (κ1) is 15.6. The first-order valence-electron chi connectivity index (χ1n) is 6.34. The molecule has 0 aliphatic heterocycles. The number of anilines is 2. The van der Waals surface area contributed by atoms with Crippen LogP contribution in [0.1, 0.15) is 5.56 Å². The SMILES string of the molecule is CS(=O)(=O)Nc1ccc(NCCc2ccc(Cl)cc2)cn1. The van der Waals surface area contributed by atoms with Crippen molar-refractivity contribution in [1.29, 1.82) is 0 Å². The van der Waals surface area contributed by atoms with Gasteiger partial charge in [0.25, 0.3) is 0 Å². The molecule has 0 radical (unpaired) electrons. The molecule has 2 N–H and O–H groups in total. The zero-order valence-corrected chi connectivity index (χ0v) is 13.1. The molecule has 0 spiro atoms. The van der Waals surface area contributed by atoms with Gasteiger partial charge in [-0.25, -0.2) is 13.4 Å². The largest absolute Gasteiger partial charge is 0.383 e. The van der Waals surface area contributed by atoms with Gasteiger partial charge < -0.3 is 5.32 Å². The molecule has 5 nitrogen and oxygen atoms in total. The summed E-state index contributed by atoms with van der Waals surface area (Å²) in [5.41, 5.74) is 2.03. The van der Waals surface area contributed by atoms with Crippen molar-refractivity contribution in [2.45, 2.75) is 6.42 Å². The third-order valence-electron chi connectivity index (χ3n) is 2.71. The highest BCUT2D eigenvalue weighted by Gasteiger charge is 2.02. The van der Waals surface area contributed by atoms with Crippen LogP contribution in [0.5, 0.6) is 0 Å². The Hall–Kier alpha value is -1.79. The Kier molecular flexibility index (Phi) is 5.03. The minimum Gasteiger partial charge on any atom is -0.383 e. The summed E-state index contributed by atoms with van der Waals surface area (Å²) in [7, 11) is -3.29. The van der Waals surface area contributed by atoms with Gasteiger partial charge in [-0.3, -0.25) is 4.72 Å². The van der Waals surface area contributed by atoms with Crippen LogP contribution in [0.15, 0.2) is 42.6 Å². The molecule has 21 heavy (non-hydrogen) atoms. The molecule has 1 aromatic heterocycles. The van der Waals surface area contributed by atoms with Gasteiger partial charge in [-0.1, -0.05) is 23.7 Å². The van der Waals surface area contributed by atoms with Crippen LogP contribution in [-0.2, 0) is 16.4 Å². The number of pyridine rings is 1. The quantitative estimate of drug-likeness (QED) is 0.856. The maximum absolute atomic E-state index is 11.1. The molecule has 0 aliphatic rings. The van der Waals surface area contributed by atoms with E-state index in [2.05, 4.69) is 15.0 Å². The molecule has 112 valence electrons. The van der Waals surface area contributed by atoms with Crippen LogP contribution < -0.4 is 10.0 Å². The molecular formula is C14H16ClN3O2S. The van der Waals surface area contributed by atoms with Crippen molar-refractivity contribution < 1.29 is 8.42 Å². The number of aromatic nitrogens is 1. The minimum atomic E-state index is -3.29. The second-order valence-electron chi connectivity index (χ2n) is 4.61. The zero-order chi connectivity index (χ0) is 15.3. The summed E-state index contributed by atoms with van der Waals surface area (Å²) < 4.78 is 24.4. The van der Waals surface area contributed by atoms with Crippen LogP contribution in [0.2, 0.25) is 5.02 Å². The van der Waals surface area contributed by atoms with Gasteiger partial charge in [0.05, 0.1) is 18.1 Å². The average molecular weight is 326 g/mol. The van der Waals surface area contributed by atoms with Crippen molar-refractivity contribution in [3.05, 3.63) is 53.2 Å². The predicted molar refractivity (Wildman–Crippen MR) is 86.3 cm³/mol. The van der Waals surface area contributed by atoms with Gasteiger partial charge in [0.2, 0.25) is 10.0 Å². The van der Waals surface area contributed by atoms with E-state index in [-0.39, 0.29) is 0 Å². The highest BCUT2D eigenvalue weighted by molar-refractivity contribution is 7.92. The summed E-state index contributed by atoms with van der Waals surface area (Å²) >= 11 is 5.83. The van der Waals surface area contributed by atoms with Gasteiger partial charge in [-0.2, -0.15) is 0 Å². The molecule has 2 rings (SSSR count). The number of hydrogen-bond donors (Lipinski definition) is 2. The van der Waals surface area contributed by atoms with E-state index in [0.29, 0.717) is 5.82 Å². The fraction of sp³-hybridized carbons (Fsp3) is 0.214. The van der Waals surface area contributed by atoms with Crippen molar-refractivity contribution in [1.82, 2.24) is 4.98 Å². The normalized spacial score (nSPS) is 11.1. The molecule has 2 aromatic rings. The van der Waals surface area contributed by atoms with E-state index in [1.807, 2.05) is 24.3 Å². The van der Waals surface area contributed by atoms with Gasteiger partial charge in [0.15, 0.2) is 0 Å². The lowest BCUT2D eigenvalue weighted by molar-refractivity contribution is 0.606. The van der Waals surface area contributed by atoms with Crippen LogP contribution in [0, 0.1) is 0 Å². The van der Waals surface area contributed by atoms with Crippen molar-refractivity contribution in [2.24, 2.45) is 0 Å². The van der Waals surface area contributed by atoms with E-state index < -0.39 is 10.0 Å². The van der Waals surface area contributed by atoms with Gasteiger partial charge in [0, 0.05) is 11.6 Å². The lowest BCUT2D eigenvalue weighted by Crippen LogP contribution is -2.11. The number of benzene rings is 1. The van der Waals surface area contributed by atoms with Crippen molar-refractivity contribution in [3.8, 4) is 0 Å². The third-order valence-corrected chi connectivity index (χ3v) is 3.54. The molecule has 0 saturated carbocycles. The standard InChI is InChI=1S/C14H16ClN3O2S/c1-21(19,20)18-14-7-6-13(10-17-14)16-9-8-11-2-4-12(15)5-3-11/h2-7,10,16H,8-9H2,1H3,(H,17,18). The molecule has 0 amide bonds. The van der Waals surface area contributed by atoms with E-state index in [1.54, 1.807) is 18.3 Å². The highest BCUT2D eigenvalue weighted by Crippen LogP contribution is 2.12. The summed E-state index contributed by atoms with van der Waals surface area (Å²) in [6, 6.07) is 11.1. The number of hydrogen-bond acceptors (Lipinski definition) is 4. The summed E-state index contributed by atoms with van der Waals surface area (Å²) in [5, 5.41) is 3.95. The molecule has 0 saturated heterocycles. The lowest BCUT2D eigenvalue weighted by atomic mass is 10.1. The molecule has 0 atom stereocenters. The fourth-order valence-electron chi connectivity index (χ4n) is 1.75. The van der Waals surface area contributed by atoms with Crippen LogP contribution in [0.3, 0.4) is 0 Å². The zero-order valence-electron chi connectivity index (χ0n) is 11.5. The average Bonchev–Trinajstić information content (AvgIpc) is 2.41. The Bertz CT molecular complexity index is 685. The molecule has 0 bridgehead atoms. The lowest BCUT2D eigenvalue weighted by Gasteiger charge is -2.08. The van der Waals surface area contributed by atoms with E-state index >= 15 is 0 Å². The van der Waals surface area contributed by atoms with Crippen LogP contribution in [0.25, 0.3) is 0 Å². The molecule has 1 heterocycles. The summed E-state index contributed by atoms with van der Waals surface area (Å²) in [6.45, 7) is 0.752. The Morgan fingerprint density at radius 2 is 1.86 bits per heavy atom. The maximum Gasteiger partial charge on any atom is 0.230 e. The van der Waals surface area contributed by atoms with E-state index in [0.717, 1.165) is 29.9 Å². The molecular weight excluding hydrogens is 310 g/mol. The monoisotopic (exact) mass is 325 g/mol. The predicted octanol–water partition coefficient (Wildman–Crippen LogP) is 2.76. The Labute approximate surface area is 129 Å². The first-order valence-corrected chi connectivity index (χ1v) is 8.61. The molecule has 0 aliphatic carbocycles. The van der Waals surface area contributed by atoms with Crippen LogP contribution in [-0.4, -0.2) is 26.2 Å². The topological polar surface area (TPSA) is 71.1 Å². The molecule has 0 unspecified atom stereocenters. The van der Waals surface area contributed by atoms with Crippen molar-refractivity contribution in [2.75, 3.05) is 22.8 Å². The molecule has 0 fully saturated rings. The third kappa shape index (κ3) is 5.61. The van der Waals surface area contributed by atoms with Crippen LogP contribution >= 0.6 is 11.6 Å². The fourth-order valence-corrected chi connectivity index (χ4v) is 2.38. The maximum atomic E-state index is 11.1. The smallest absolute Gasteiger partial charge is 0.230 e. The van der Waals surface area contributed by atoms with Crippen LogP contribution in [0.4, 0.5) is 11.5 Å². The Balaban J connectivity index is 1.85. The van der Waals surface area contributed by atoms with E-state index in [9.17, 15) is 8.42 Å². The Morgan fingerprint density at radius 3 is 2.43 bits per heavy atom. The molecule has 1 aromatic carbocycles. The number of sulfonamides is 1. The second-order valence-corrected chi connectivity index (χ2v) is 6.79. The van der Waals surface area contributed by atoms with Gasteiger partial charge in [-0.05, 0) is 36.2 Å². The second kappa shape index (κ2) is 6.78. The summed E-state index contributed by atoms with van der Waals surface area (Å²) in [5.74, 6) is 0.306. The van der Waals surface area contributed by atoms with Gasteiger partial charge in [0.1, 0.15) is 5.82 Å². The highest BCUT2D eigenvalue weighted by atomic mass is 35.5. The number of rotatable bonds is 6. The first-order chi connectivity index (χ1) is 9.92. The molecule has 7 heteroatoms. The Morgan fingerprint density at radius 1 is 1.14 bits per heavy atom. The summed E-state index contributed by atoms with van der Waals surface area (Å²) in [4.78, 5) is 4.03. The van der Waals surface area contributed by atoms with Gasteiger partial charge in [-0.15, -0.1) is 0 Å². The number of halogens is 1. The number of nitrogens with zero attached hydrogens (tertiary/aromatic N) is 1.